The summed E-state index contributed by atoms with van der Waals surface area (Å²) in [4.78, 5) is 96.7. The van der Waals surface area contributed by atoms with E-state index in [2.05, 4.69) is 0 Å². The number of ether oxygens (including phenoxy) is 4. The minimum absolute atomic E-state index is 0.0611. The Labute approximate surface area is 520 Å². The van der Waals surface area contributed by atoms with Crippen LogP contribution in [0.4, 0.5) is 0 Å². The first kappa shape index (κ1) is 58.2. The summed E-state index contributed by atoms with van der Waals surface area (Å²) in [5, 5.41) is 2.53. The molecule has 0 saturated heterocycles. The maximum atomic E-state index is 15.7. The number of amides is 6. The second kappa shape index (κ2) is 22.7. The van der Waals surface area contributed by atoms with Gasteiger partial charge in [-0.3, -0.25) is 38.6 Å². The maximum absolute atomic E-state index is 15.7. The van der Waals surface area contributed by atoms with E-state index in [1.54, 1.807) is 38.4 Å². The molecule has 0 radical (unpaired) electrons. The van der Waals surface area contributed by atoms with Crippen molar-refractivity contribution in [3.05, 3.63) is 236 Å². The number of imide groups is 2. The fourth-order valence-electron chi connectivity index (χ4n) is 13.1. The van der Waals surface area contributed by atoms with Gasteiger partial charge in [-0.15, -0.1) is 0 Å². The molecule has 0 unspecified atom stereocenters. The number of hydrogen-bond acceptors (Lipinski definition) is 10. The summed E-state index contributed by atoms with van der Waals surface area (Å²) < 4.78 is 28.9. The lowest BCUT2D eigenvalue weighted by molar-refractivity contribution is -0.131. The average molecular weight is 1190 g/mol. The first-order chi connectivity index (χ1) is 43.1. The Morgan fingerprint density at radius 3 is 0.789 bits per heavy atom. The molecule has 11 aromatic rings. The van der Waals surface area contributed by atoms with Crippen LogP contribution in [0.15, 0.2) is 158 Å². The largest absolute Gasteiger partial charge is 0.457 e. The van der Waals surface area contributed by atoms with Crippen LogP contribution in [0.1, 0.15) is 97.1 Å². The van der Waals surface area contributed by atoms with Crippen molar-refractivity contribution in [2.75, 3.05) is 27.2 Å². The molecule has 0 spiro atoms. The molecule has 0 bridgehead atoms. The minimum atomic E-state index is -0.741. The lowest BCUT2D eigenvalue weighted by Gasteiger charge is -2.33. The molecule has 11 aromatic carbocycles. The summed E-state index contributed by atoms with van der Waals surface area (Å²) in [7, 11) is 3.26. The highest BCUT2D eigenvalue weighted by Gasteiger charge is 2.43. The van der Waals surface area contributed by atoms with E-state index < -0.39 is 48.5 Å². The molecule has 0 fully saturated rings. The molecule has 0 aromatic heterocycles. The minimum Gasteiger partial charge on any atom is -0.457 e. The third-order valence-corrected chi connectivity index (χ3v) is 16.7. The quantitative estimate of drug-likeness (QED) is 0.0519. The van der Waals surface area contributed by atoms with Crippen LogP contribution in [0.25, 0.3) is 43.1 Å². The topological polar surface area (TPSA) is 152 Å². The lowest BCUT2D eigenvalue weighted by Crippen LogP contribution is -2.46. The highest BCUT2D eigenvalue weighted by atomic mass is 16.5. The average Bonchev–Trinajstić information content (AvgIpc) is 0.676. The molecule has 14 nitrogen and oxygen atoms in total. The van der Waals surface area contributed by atoms with Gasteiger partial charge in [-0.05, 0) is 184 Å². The van der Waals surface area contributed by atoms with Crippen molar-refractivity contribution in [3.63, 3.8) is 0 Å². The van der Waals surface area contributed by atoms with E-state index in [0.717, 1.165) is 65.4 Å². The number of hydrogen-bond donors (Lipinski definition) is 0. The van der Waals surface area contributed by atoms with Crippen molar-refractivity contribution in [2.45, 2.75) is 68.5 Å². The zero-order chi connectivity index (χ0) is 63.1. The molecule has 2 aliphatic rings. The van der Waals surface area contributed by atoms with E-state index in [4.69, 9.17) is 18.9 Å². The SMILES string of the molecule is Cc1cc(C)cc(Oc2cc3c4c(cc(Oc5cc(C)cc(C)c5)c5c6c(Oc7cc(C)cc(C)c7)cc7c8c(cc(Oc9cc(C)cc(C)c9)c(c2c45)c86)C(=O)N(CC(=O)N(C)Cc2ccccc2)C7=O)C(=O)N(CC(=O)N(C)Cc2ccccc2)C3=O)c1. The predicted molar refractivity (Wildman–Crippen MR) is 348 cm³/mol. The third-order valence-electron chi connectivity index (χ3n) is 16.7. The van der Waals surface area contributed by atoms with Gasteiger partial charge in [0.25, 0.3) is 23.6 Å². The summed E-state index contributed by atoms with van der Waals surface area (Å²) in [6, 6.07) is 48.4. The molecule has 0 saturated carbocycles. The van der Waals surface area contributed by atoms with Crippen LogP contribution in [-0.4, -0.2) is 82.2 Å². The molecule has 14 heteroatoms. The van der Waals surface area contributed by atoms with Crippen molar-refractivity contribution < 1.29 is 47.7 Å². The maximum Gasteiger partial charge on any atom is 0.262 e. The number of rotatable bonds is 16. The van der Waals surface area contributed by atoms with Crippen molar-refractivity contribution in [1.82, 2.24) is 19.6 Å². The van der Waals surface area contributed by atoms with Crippen LogP contribution in [0.2, 0.25) is 0 Å². The van der Waals surface area contributed by atoms with Crippen LogP contribution < -0.4 is 18.9 Å². The molecule has 0 N–H and O–H groups in total. The van der Waals surface area contributed by atoms with Gasteiger partial charge in [0.1, 0.15) is 59.1 Å². The van der Waals surface area contributed by atoms with E-state index in [1.165, 1.54) is 9.80 Å². The van der Waals surface area contributed by atoms with Gasteiger partial charge in [0, 0.05) is 70.3 Å². The van der Waals surface area contributed by atoms with Gasteiger partial charge in [-0.25, -0.2) is 0 Å². The summed E-state index contributed by atoms with van der Waals surface area (Å²) >= 11 is 0. The van der Waals surface area contributed by atoms with Crippen LogP contribution >= 0.6 is 0 Å². The molecule has 13 rings (SSSR count). The molecular formula is C76H64N4O10. The monoisotopic (exact) mass is 1190 g/mol. The molecule has 0 aliphatic carbocycles. The molecule has 2 heterocycles. The van der Waals surface area contributed by atoms with Gasteiger partial charge in [0.15, 0.2) is 0 Å². The number of carbonyl (C=O) groups is 6. The summed E-state index contributed by atoms with van der Waals surface area (Å²) in [6.07, 6.45) is 0. The summed E-state index contributed by atoms with van der Waals surface area (Å²) in [6.45, 7) is 14.9. The van der Waals surface area contributed by atoms with Crippen molar-refractivity contribution in [3.8, 4) is 46.0 Å². The zero-order valence-electron chi connectivity index (χ0n) is 51.7. The summed E-state index contributed by atoms with van der Waals surface area (Å²) in [5.41, 5.74) is 9.09. The van der Waals surface area contributed by atoms with E-state index in [0.29, 0.717) is 55.3 Å². The number of fused-ring (bicyclic) bond motifs is 2. The number of carbonyl (C=O) groups excluding carboxylic acids is 6. The highest BCUT2D eigenvalue weighted by Crippen LogP contribution is 2.58. The number of likely N-dealkylation sites (N-methyl/N-ethyl adjacent to an activating group) is 2. The van der Waals surface area contributed by atoms with Gasteiger partial charge in [-0.2, -0.15) is 0 Å². The zero-order valence-corrected chi connectivity index (χ0v) is 51.7. The Hall–Kier alpha value is -10.9. The van der Waals surface area contributed by atoms with E-state index >= 15 is 19.2 Å². The smallest absolute Gasteiger partial charge is 0.262 e. The van der Waals surface area contributed by atoms with Gasteiger partial charge in [-0.1, -0.05) is 84.9 Å². The molecule has 6 amide bonds. The standard InChI is InChI=1S/C76H64N4O10/c1-41-21-42(2)26-51(25-41)87-59-33-55-65-56(74(84)79(73(55)83)39-63(81)77(9)37-49-17-13-11-14-18-49)35-61(89-53-29-45(5)23-46(6)30-53)69-70-62(90-54-31-47(7)24-48(8)32-54)36-58-66-57(75(85)80(76(58)86)40-64(82)78(10)38-50-19-15-12-16-20-50)34-60(68(72(66)70)67(59)71(65)69)88-52-27-43(3)22-44(4)28-52/h11-36H,37-40H2,1-10H3. The van der Waals surface area contributed by atoms with Gasteiger partial charge in [0.2, 0.25) is 11.8 Å². The number of aryl methyl sites for hydroxylation is 8. The first-order valence-corrected chi connectivity index (χ1v) is 29.8. The number of nitrogens with zero attached hydrogens (tertiary/aromatic N) is 4. The fourth-order valence-corrected chi connectivity index (χ4v) is 13.1. The Kier molecular flexibility index (Phi) is 14.7. The Morgan fingerprint density at radius 2 is 0.556 bits per heavy atom. The highest BCUT2D eigenvalue weighted by molar-refractivity contribution is 6.45. The summed E-state index contributed by atoms with van der Waals surface area (Å²) in [5.74, 6) is -1.68. The third kappa shape index (κ3) is 10.6. The van der Waals surface area contributed by atoms with E-state index in [9.17, 15) is 9.59 Å². The van der Waals surface area contributed by atoms with Crippen molar-refractivity contribution >= 4 is 78.5 Å². The Balaban J connectivity index is 1.17. The van der Waals surface area contributed by atoms with Gasteiger partial charge in [0.05, 0.1) is 22.3 Å². The van der Waals surface area contributed by atoms with Crippen LogP contribution in [0.5, 0.6) is 46.0 Å². The second-order valence-electron chi connectivity index (χ2n) is 24.3. The first-order valence-electron chi connectivity index (χ1n) is 29.8. The van der Waals surface area contributed by atoms with Crippen molar-refractivity contribution in [2.24, 2.45) is 0 Å². The lowest BCUT2D eigenvalue weighted by atomic mass is 9.80. The Morgan fingerprint density at radius 1 is 0.322 bits per heavy atom. The molecule has 448 valence electrons. The predicted octanol–water partition coefficient (Wildman–Crippen LogP) is 15.9. The van der Waals surface area contributed by atoms with E-state index in [-0.39, 0.29) is 69.1 Å². The van der Waals surface area contributed by atoms with Crippen molar-refractivity contribution in [1.29, 1.82) is 0 Å². The Bertz CT molecular complexity index is 4260. The number of benzene rings is 11. The van der Waals surface area contributed by atoms with Crippen LogP contribution in [0.3, 0.4) is 0 Å². The molecule has 0 atom stereocenters. The van der Waals surface area contributed by atoms with Gasteiger partial charge >= 0.3 is 0 Å². The molecule has 2 aliphatic heterocycles. The second-order valence-corrected chi connectivity index (χ2v) is 24.3. The van der Waals surface area contributed by atoms with Crippen LogP contribution in [-0.2, 0) is 22.7 Å². The molecule has 90 heavy (non-hydrogen) atoms. The van der Waals surface area contributed by atoms with Crippen LogP contribution in [0, 0.1) is 55.4 Å². The van der Waals surface area contributed by atoms with Gasteiger partial charge < -0.3 is 28.7 Å². The fraction of sp³-hybridized carbons (Fsp3) is 0.184. The molecular weight excluding hydrogens is 1130 g/mol. The normalized spacial score (nSPS) is 12.9. The van der Waals surface area contributed by atoms with E-state index in [1.807, 2.05) is 189 Å².